The van der Waals surface area contributed by atoms with Gasteiger partial charge in [-0.15, -0.1) is 0 Å². The third-order valence-electron chi connectivity index (χ3n) is 2.19. The zero-order valence-corrected chi connectivity index (χ0v) is 9.70. The highest BCUT2D eigenvalue weighted by atomic mass is 35.5. The lowest BCUT2D eigenvalue weighted by atomic mass is 10.1. The quantitative estimate of drug-likeness (QED) is 0.465. The molecule has 0 amide bonds. The monoisotopic (exact) mass is 237 g/mol. The fraction of sp³-hybridized carbons (Fsp3) is 0.250. The Kier molecular flexibility index (Phi) is 3.72. The predicted molar refractivity (Wildman–Crippen MR) is 63.4 cm³/mol. The number of aromatic nitrogens is 1. The first kappa shape index (κ1) is 11.3. The van der Waals surface area contributed by atoms with E-state index in [4.69, 9.17) is 21.1 Å². The molecule has 1 aromatic heterocycles. The number of methoxy groups -OCH3 is 1. The summed E-state index contributed by atoms with van der Waals surface area (Å²) in [6.07, 6.45) is 0. The van der Waals surface area contributed by atoms with Crippen LogP contribution in [0.2, 0.25) is 5.15 Å². The predicted octanol–water partition coefficient (Wildman–Crippen LogP) is 3.01. The minimum atomic E-state index is 0.302. The summed E-state index contributed by atoms with van der Waals surface area (Å²) in [6, 6.07) is 9.68. The molecule has 0 fully saturated rings. The maximum atomic E-state index is 5.81. The Morgan fingerprint density at radius 2 is 2.12 bits per heavy atom. The molecular formula is C12H12ClNO2. The first-order valence-corrected chi connectivity index (χ1v) is 5.29. The molecule has 0 aliphatic carbocycles. The van der Waals surface area contributed by atoms with Gasteiger partial charge in [-0.2, -0.15) is 0 Å². The van der Waals surface area contributed by atoms with Crippen molar-refractivity contribution < 1.29 is 9.47 Å². The van der Waals surface area contributed by atoms with Crippen LogP contribution in [0.25, 0.3) is 10.9 Å². The third-order valence-corrected chi connectivity index (χ3v) is 2.40. The Morgan fingerprint density at radius 1 is 1.25 bits per heavy atom. The molecule has 2 rings (SSSR count). The van der Waals surface area contributed by atoms with Crippen molar-refractivity contribution in [1.29, 1.82) is 0 Å². The standard InChI is InChI=1S/C12H12ClNO2/c1-15-8-16-7-9-2-4-11-10(6-9)3-5-12(13)14-11/h2-6H,7-8H2,1H3. The van der Waals surface area contributed by atoms with Crippen molar-refractivity contribution in [3.05, 3.63) is 41.0 Å². The van der Waals surface area contributed by atoms with Crippen molar-refractivity contribution in [2.45, 2.75) is 6.61 Å². The second-order valence-corrected chi connectivity index (χ2v) is 3.80. The largest absolute Gasteiger partial charge is 0.359 e. The van der Waals surface area contributed by atoms with E-state index in [1.165, 1.54) is 0 Å². The van der Waals surface area contributed by atoms with Crippen LogP contribution in [-0.2, 0) is 16.1 Å². The van der Waals surface area contributed by atoms with Gasteiger partial charge in [-0.05, 0) is 29.8 Å². The van der Waals surface area contributed by atoms with Gasteiger partial charge in [-0.25, -0.2) is 4.98 Å². The number of hydrogen-bond donors (Lipinski definition) is 0. The van der Waals surface area contributed by atoms with E-state index in [-0.39, 0.29) is 0 Å². The molecule has 84 valence electrons. The fourth-order valence-electron chi connectivity index (χ4n) is 1.48. The molecule has 0 unspecified atom stereocenters. The van der Waals surface area contributed by atoms with E-state index in [9.17, 15) is 0 Å². The second kappa shape index (κ2) is 5.25. The number of halogens is 1. The van der Waals surface area contributed by atoms with Crippen LogP contribution in [0.1, 0.15) is 5.56 Å². The van der Waals surface area contributed by atoms with Crippen LogP contribution >= 0.6 is 11.6 Å². The average molecular weight is 238 g/mol. The Bertz CT molecular complexity index is 487. The van der Waals surface area contributed by atoms with Crippen LogP contribution in [0.3, 0.4) is 0 Å². The SMILES string of the molecule is COCOCc1ccc2nc(Cl)ccc2c1. The maximum Gasteiger partial charge on any atom is 0.146 e. The Labute approximate surface area is 99.0 Å². The molecule has 2 aromatic rings. The molecule has 16 heavy (non-hydrogen) atoms. The van der Waals surface area contributed by atoms with Gasteiger partial charge in [0.1, 0.15) is 11.9 Å². The number of benzene rings is 1. The Hall–Kier alpha value is -1.16. The Morgan fingerprint density at radius 3 is 2.94 bits per heavy atom. The van der Waals surface area contributed by atoms with Gasteiger partial charge in [-0.1, -0.05) is 17.7 Å². The van der Waals surface area contributed by atoms with Crippen molar-refractivity contribution >= 4 is 22.5 Å². The van der Waals surface area contributed by atoms with E-state index in [0.717, 1.165) is 16.5 Å². The van der Waals surface area contributed by atoms with Crippen LogP contribution in [-0.4, -0.2) is 18.9 Å². The zero-order valence-electron chi connectivity index (χ0n) is 8.94. The number of hydrogen-bond acceptors (Lipinski definition) is 3. The number of ether oxygens (including phenoxy) is 2. The van der Waals surface area contributed by atoms with Crippen molar-refractivity contribution in [3.8, 4) is 0 Å². The van der Waals surface area contributed by atoms with Gasteiger partial charge in [0.05, 0.1) is 12.1 Å². The lowest BCUT2D eigenvalue weighted by Crippen LogP contribution is -1.96. The van der Waals surface area contributed by atoms with Gasteiger partial charge in [0.2, 0.25) is 0 Å². The summed E-state index contributed by atoms with van der Waals surface area (Å²) in [5, 5.41) is 1.57. The molecule has 0 spiro atoms. The molecular weight excluding hydrogens is 226 g/mol. The Balaban J connectivity index is 2.20. The lowest BCUT2D eigenvalue weighted by Gasteiger charge is -2.04. The number of pyridine rings is 1. The smallest absolute Gasteiger partial charge is 0.146 e. The molecule has 0 atom stereocenters. The maximum absolute atomic E-state index is 5.81. The highest BCUT2D eigenvalue weighted by molar-refractivity contribution is 6.29. The minimum absolute atomic E-state index is 0.302. The van der Waals surface area contributed by atoms with Gasteiger partial charge < -0.3 is 9.47 Å². The summed E-state index contributed by atoms with van der Waals surface area (Å²) in [5.74, 6) is 0. The van der Waals surface area contributed by atoms with Gasteiger partial charge in [0, 0.05) is 12.5 Å². The van der Waals surface area contributed by atoms with Gasteiger partial charge in [-0.3, -0.25) is 0 Å². The summed E-state index contributed by atoms with van der Waals surface area (Å²) in [6.45, 7) is 0.837. The van der Waals surface area contributed by atoms with Crippen LogP contribution in [0.5, 0.6) is 0 Å². The molecule has 0 aliphatic rings. The lowest BCUT2D eigenvalue weighted by molar-refractivity contribution is -0.0390. The van der Waals surface area contributed by atoms with Crippen LogP contribution in [0.4, 0.5) is 0 Å². The van der Waals surface area contributed by atoms with Gasteiger partial charge in [0.15, 0.2) is 0 Å². The van der Waals surface area contributed by atoms with Crippen molar-refractivity contribution in [1.82, 2.24) is 4.98 Å². The van der Waals surface area contributed by atoms with E-state index in [2.05, 4.69) is 4.98 Å². The minimum Gasteiger partial charge on any atom is -0.359 e. The molecule has 0 aliphatic heterocycles. The summed E-state index contributed by atoms with van der Waals surface area (Å²) < 4.78 is 10.1. The number of fused-ring (bicyclic) bond motifs is 1. The molecule has 0 bridgehead atoms. The molecule has 1 heterocycles. The van der Waals surface area contributed by atoms with E-state index < -0.39 is 0 Å². The average Bonchev–Trinajstić information content (AvgIpc) is 2.29. The third kappa shape index (κ3) is 2.70. The molecule has 4 heteroatoms. The summed E-state index contributed by atoms with van der Waals surface area (Å²) in [7, 11) is 1.60. The van der Waals surface area contributed by atoms with Crippen LogP contribution in [0, 0.1) is 0 Å². The molecule has 3 nitrogen and oxygen atoms in total. The van der Waals surface area contributed by atoms with E-state index in [1.54, 1.807) is 13.2 Å². The van der Waals surface area contributed by atoms with Crippen molar-refractivity contribution in [2.75, 3.05) is 13.9 Å². The van der Waals surface area contributed by atoms with E-state index >= 15 is 0 Å². The highest BCUT2D eigenvalue weighted by Gasteiger charge is 1.99. The van der Waals surface area contributed by atoms with Crippen LogP contribution < -0.4 is 0 Å². The normalized spacial score (nSPS) is 10.9. The highest BCUT2D eigenvalue weighted by Crippen LogP contribution is 2.17. The number of rotatable bonds is 4. The summed E-state index contributed by atoms with van der Waals surface area (Å²) >= 11 is 5.81. The fourth-order valence-corrected chi connectivity index (χ4v) is 1.64. The molecule has 0 radical (unpaired) electrons. The number of nitrogens with zero attached hydrogens (tertiary/aromatic N) is 1. The topological polar surface area (TPSA) is 31.4 Å². The summed E-state index contributed by atoms with van der Waals surface area (Å²) in [5.41, 5.74) is 1.98. The van der Waals surface area contributed by atoms with E-state index in [0.29, 0.717) is 18.6 Å². The van der Waals surface area contributed by atoms with Gasteiger partial charge >= 0.3 is 0 Å². The second-order valence-electron chi connectivity index (χ2n) is 3.42. The van der Waals surface area contributed by atoms with Crippen molar-refractivity contribution in [3.63, 3.8) is 0 Å². The van der Waals surface area contributed by atoms with Crippen molar-refractivity contribution in [2.24, 2.45) is 0 Å². The first-order valence-electron chi connectivity index (χ1n) is 4.91. The molecule has 0 saturated heterocycles. The van der Waals surface area contributed by atoms with Gasteiger partial charge in [0.25, 0.3) is 0 Å². The molecule has 0 N–H and O–H groups in total. The van der Waals surface area contributed by atoms with Crippen LogP contribution in [0.15, 0.2) is 30.3 Å². The molecule has 0 saturated carbocycles. The molecule has 1 aromatic carbocycles. The van der Waals surface area contributed by atoms with E-state index in [1.807, 2.05) is 24.3 Å². The zero-order chi connectivity index (χ0) is 11.4. The summed E-state index contributed by atoms with van der Waals surface area (Å²) in [4.78, 5) is 4.21. The first-order chi connectivity index (χ1) is 7.79.